The van der Waals surface area contributed by atoms with Crippen LogP contribution in [0.1, 0.15) is 30.0 Å². The third-order valence-corrected chi connectivity index (χ3v) is 4.33. The highest BCUT2D eigenvalue weighted by atomic mass is 79.9. The van der Waals surface area contributed by atoms with Gasteiger partial charge in [0.05, 0.1) is 6.61 Å². The number of benzene rings is 1. The zero-order valence-electron chi connectivity index (χ0n) is 11.1. The van der Waals surface area contributed by atoms with E-state index in [4.69, 9.17) is 4.74 Å². The third kappa shape index (κ3) is 2.20. The SMILES string of the molecule is Brc1cc2c(c(CNc3nccn3C3CC3)c1)OCC2. The normalized spacial score (nSPS) is 16.9. The van der Waals surface area contributed by atoms with Crippen molar-refractivity contribution in [2.75, 3.05) is 11.9 Å². The molecule has 20 heavy (non-hydrogen) atoms. The average molecular weight is 334 g/mol. The maximum atomic E-state index is 5.76. The number of nitrogens with one attached hydrogen (secondary N) is 1. The van der Waals surface area contributed by atoms with E-state index in [-0.39, 0.29) is 0 Å². The van der Waals surface area contributed by atoms with Gasteiger partial charge < -0.3 is 14.6 Å². The lowest BCUT2D eigenvalue weighted by Gasteiger charge is -2.12. The predicted octanol–water partition coefficient (Wildman–Crippen LogP) is 3.53. The first-order valence-electron chi connectivity index (χ1n) is 7.02. The number of aromatic nitrogens is 2. The van der Waals surface area contributed by atoms with Crippen LogP contribution in [0.25, 0.3) is 0 Å². The molecule has 5 heteroatoms. The van der Waals surface area contributed by atoms with Crippen molar-refractivity contribution in [3.63, 3.8) is 0 Å². The van der Waals surface area contributed by atoms with Gasteiger partial charge in [-0.25, -0.2) is 4.98 Å². The standard InChI is InChI=1S/C15H16BrN3O/c16-12-7-10-3-6-20-14(10)11(8-12)9-18-15-17-4-5-19(15)13-1-2-13/h4-5,7-8,13H,1-3,6,9H2,(H,17,18). The molecule has 0 unspecified atom stereocenters. The molecule has 0 saturated heterocycles. The second-order valence-corrected chi connectivity index (χ2v) is 6.31. The molecule has 1 aromatic carbocycles. The molecule has 1 aliphatic carbocycles. The Hall–Kier alpha value is -1.49. The molecule has 1 saturated carbocycles. The van der Waals surface area contributed by atoms with Crippen LogP contribution in [0, 0.1) is 0 Å². The van der Waals surface area contributed by atoms with Gasteiger partial charge in [-0.2, -0.15) is 0 Å². The molecule has 0 amide bonds. The number of hydrogen-bond acceptors (Lipinski definition) is 3. The lowest BCUT2D eigenvalue weighted by Crippen LogP contribution is -2.07. The predicted molar refractivity (Wildman–Crippen MR) is 81.2 cm³/mol. The Balaban J connectivity index is 1.56. The second kappa shape index (κ2) is 4.81. The third-order valence-electron chi connectivity index (χ3n) is 3.87. The Morgan fingerprint density at radius 3 is 3.15 bits per heavy atom. The zero-order valence-corrected chi connectivity index (χ0v) is 12.7. The minimum atomic E-state index is 0.643. The topological polar surface area (TPSA) is 39.1 Å². The molecule has 4 rings (SSSR count). The summed E-state index contributed by atoms with van der Waals surface area (Å²) in [4.78, 5) is 4.41. The van der Waals surface area contributed by atoms with Crippen LogP contribution in [0.5, 0.6) is 5.75 Å². The summed E-state index contributed by atoms with van der Waals surface area (Å²) in [7, 11) is 0. The van der Waals surface area contributed by atoms with E-state index in [1.807, 2.05) is 6.20 Å². The van der Waals surface area contributed by atoms with Crippen LogP contribution in [0.4, 0.5) is 5.95 Å². The van der Waals surface area contributed by atoms with E-state index >= 15 is 0 Å². The Morgan fingerprint density at radius 1 is 1.40 bits per heavy atom. The molecule has 2 heterocycles. The summed E-state index contributed by atoms with van der Waals surface area (Å²) in [6.07, 6.45) is 7.45. The highest BCUT2D eigenvalue weighted by Gasteiger charge is 2.25. The summed E-state index contributed by atoms with van der Waals surface area (Å²) in [5.41, 5.74) is 2.49. The van der Waals surface area contributed by atoms with E-state index in [9.17, 15) is 0 Å². The number of hydrogen-bond donors (Lipinski definition) is 1. The van der Waals surface area contributed by atoms with Gasteiger partial charge in [0, 0.05) is 41.4 Å². The maximum Gasteiger partial charge on any atom is 0.203 e. The van der Waals surface area contributed by atoms with E-state index in [1.54, 1.807) is 0 Å². The zero-order chi connectivity index (χ0) is 13.5. The Kier molecular flexibility index (Phi) is 2.95. The van der Waals surface area contributed by atoms with Gasteiger partial charge in [-0.15, -0.1) is 0 Å². The molecular formula is C15H16BrN3O. The van der Waals surface area contributed by atoms with E-state index in [0.29, 0.717) is 6.04 Å². The number of halogens is 1. The molecule has 0 bridgehead atoms. The van der Waals surface area contributed by atoms with Gasteiger partial charge in [-0.05, 0) is 30.5 Å². The van der Waals surface area contributed by atoms with Gasteiger partial charge in [0.1, 0.15) is 5.75 Å². The van der Waals surface area contributed by atoms with Crippen molar-refractivity contribution in [2.24, 2.45) is 0 Å². The molecule has 0 atom stereocenters. The van der Waals surface area contributed by atoms with Crippen LogP contribution in [-0.2, 0) is 13.0 Å². The fraction of sp³-hybridized carbons (Fsp3) is 0.400. The molecular weight excluding hydrogens is 318 g/mol. The highest BCUT2D eigenvalue weighted by molar-refractivity contribution is 9.10. The summed E-state index contributed by atoms with van der Waals surface area (Å²) in [6.45, 7) is 1.53. The molecule has 1 aromatic heterocycles. The first-order chi connectivity index (χ1) is 9.81. The molecule has 2 aromatic rings. The summed E-state index contributed by atoms with van der Waals surface area (Å²) in [5, 5.41) is 3.44. The lowest BCUT2D eigenvalue weighted by molar-refractivity contribution is 0.354. The molecule has 4 nitrogen and oxygen atoms in total. The molecule has 0 spiro atoms. The van der Waals surface area contributed by atoms with Crippen LogP contribution in [0.3, 0.4) is 0 Å². The smallest absolute Gasteiger partial charge is 0.203 e. The van der Waals surface area contributed by atoms with E-state index in [0.717, 1.165) is 35.7 Å². The van der Waals surface area contributed by atoms with Crippen LogP contribution < -0.4 is 10.1 Å². The summed E-state index contributed by atoms with van der Waals surface area (Å²) < 4.78 is 9.11. The molecule has 2 aliphatic rings. The molecule has 1 N–H and O–H groups in total. The van der Waals surface area contributed by atoms with E-state index in [2.05, 4.69) is 49.1 Å². The molecule has 0 radical (unpaired) electrons. The first-order valence-corrected chi connectivity index (χ1v) is 7.81. The van der Waals surface area contributed by atoms with Gasteiger partial charge in [-0.3, -0.25) is 0 Å². The second-order valence-electron chi connectivity index (χ2n) is 5.39. The van der Waals surface area contributed by atoms with Gasteiger partial charge >= 0.3 is 0 Å². The summed E-state index contributed by atoms with van der Waals surface area (Å²) in [5.74, 6) is 2.00. The Bertz CT molecular complexity index is 649. The monoisotopic (exact) mass is 333 g/mol. The Morgan fingerprint density at radius 2 is 2.30 bits per heavy atom. The van der Waals surface area contributed by atoms with Crippen LogP contribution in [0.15, 0.2) is 29.0 Å². The number of fused-ring (bicyclic) bond motifs is 1. The van der Waals surface area contributed by atoms with Gasteiger partial charge in [-0.1, -0.05) is 15.9 Å². The summed E-state index contributed by atoms with van der Waals surface area (Å²) in [6, 6.07) is 4.92. The van der Waals surface area contributed by atoms with Crippen molar-refractivity contribution in [3.8, 4) is 5.75 Å². The fourth-order valence-electron chi connectivity index (χ4n) is 2.75. The molecule has 1 aliphatic heterocycles. The Labute approximate surface area is 126 Å². The van der Waals surface area contributed by atoms with Crippen molar-refractivity contribution < 1.29 is 4.74 Å². The quantitative estimate of drug-likeness (QED) is 0.930. The van der Waals surface area contributed by atoms with Gasteiger partial charge in [0.15, 0.2) is 0 Å². The largest absolute Gasteiger partial charge is 0.493 e. The minimum absolute atomic E-state index is 0.643. The van der Waals surface area contributed by atoms with Crippen LogP contribution in [-0.4, -0.2) is 16.2 Å². The van der Waals surface area contributed by atoms with Gasteiger partial charge in [0.2, 0.25) is 5.95 Å². The number of rotatable bonds is 4. The highest BCUT2D eigenvalue weighted by Crippen LogP contribution is 2.37. The van der Waals surface area contributed by atoms with Crippen molar-refractivity contribution in [3.05, 3.63) is 40.1 Å². The first kappa shape index (κ1) is 12.3. The van der Waals surface area contributed by atoms with Gasteiger partial charge in [0.25, 0.3) is 0 Å². The van der Waals surface area contributed by atoms with Crippen molar-refractivity contribution in [1.82, 2.24) is 9.55 Å². The lowest BCUT2D eigenvalue weighted by atomic mass is 10.1. The van der Waals surface area contributed by atoms with Crippen LogP contribution >= 0.6 is 15.9 Å². The van der Waals surface area contributed by atoms with Crippen molar-refractivity contribution >= 4 is 21.9 Å². The number of nitrogens with zero attached hydrogens (tertiary/aromatic N) is 2. The van der Waals surface area contributed by atoms with Crippen LogP contribution in [0.2, 0.25) is 0 Å². The van der Waals surface area contributed by atoms with E-state index in [1.165, 1.54) is 24.0 Å². The molecule has 104 valence electrons. The fourth-order valence-corrected chi connectivity index (χ4v) is 3.30. The van der Waals surface area contributed by atoms with Crippen molar-refractivity contribution in [1.29, 1.82) is 0 Å². The summed E-state index contributed by atoms with van der Waals surface area (Å²) >= 11 is 3.58. The van der Waals surface area contributed by atoms with Crippen molar-refractivity contribution in [2.45, 2.75) is 31.8 Å². The maximum absolute atomic E-state index is 5.76. The number of anilines is 1. The number of ether oxygens (including phenoxy) is 1. The molecule has 1 fully saturated rings. The van der Waals surface area contributed by atoms with E-state index < -0.39 is 0 Å². The minimum Gasteiger partial charge on any atom is -0.493 e. The average Bonchev–Trinajstić information content (AvgIpc) is 2.99. The number of imidazole rings is 1.